The molecule has 1 aliphatic carbocycles. The lowest BCUT2D eigenvalue weighted by Gasteiger charge is -2.39. The zero-order valence-electron chi connectivity index (χ0n) is 38.6. The number of hydrogen-bond acceptors (Lipinski definition) is 12. The van der Waals surface area contributed by atoms with Crippen molar-refractivity contribution in [1.29, 1.82) is 0 Å². The van der Waals surface area contributed by atoms with Gasteiger partial charge in [-0.3, -0.25) is 9.69 Å². The van der Waals surface area contributed by atoms with Crippen molar-refractivity contribution in [3.63, 3.8) is 0 Å². The van der Waals surface area contributed by atoms with Gasteiger partial charge in [0.1, 0.15) is 16.9 Å². The zero-order chi connectivity index (χ0) is 47.0. The topological polar surface area (TPSA) is 167 Å². The van der Waals surface area contributed by atoms with E-state index in [-0.39, 0.29) is 27.3 Å². The Morgan fingerprint density at radius 3 is 2.50 bits per heavy atom. The van der Waals surface area contributed by atoms with Crippen LogP contribution in [0.25, 0.3) is 33.3 Å². The van der Waals surface area contributed by atoms with Crippen LogP contribution < -0.4 is 14.4 Å². The highest BCUT2D eigenvalue weighted by Gasteiger charge is 2.31. The summed E-state index contributed by atoms with van der Waals surface area (Å²) in [6, 6.07) is 21.9. The third kappa shape index (κ3) is 9.93. The minimum Gasteiger partial charge on any atom is -0.491 e. The van der Waals surface area contributed by atoms with Gasteiger partial charge in [0.25, 0.3) is 15.9 Å². The summed E-state index contributed by atoms with van der Waals surface area (Å²) in [5.41, 5.74) is 7.55. The number of piperidine rings is 1. The number of benzene rings is 3. The molecular weight excluding hydrogens is 902 g/mol. The lowest BCUT2D eigenvalue weighted by Crippen LogP contribution is -2.47. The maximum Gasteiger partial charge on any atom is 0.267 e. The number of aromatic amines is 1. The Hall–Kier alpha value is -5.65. The average molecular weight is 961 g/mol. The standard InChI is InChI=1S/C51H58ClN9O6S/c1-51(2)17-11-37(43(30-51)35-3-5-38(52)6-4-35)32-58-21-23-60(24-22-58)40-7-9-42(46(28-40)61-47-27-36-12-18-53-49(36)55-45(47)31-54-61)50(62)57-68(64,65)41-8-10-48(44(29-41)56-63)67-33-34-13-19-59(20-14-34)39-15-25-66-26-16-39/h3-10,12,18,27-29,31,34,39H,11,13-17,19-26,30,32-33H2,1-2H3,(H,53,55)(H,57,62). The van der Waals surface area contributed by atoms with Crippen molar-refractivity contribution in [1.82, 2.24) is 34.3 Å². The fourth-order valence-electron chi connectivity index (χ4n) is 10.4. The maximum atomic E-state index is 14.3. The molecule has 0 saturated carbocycles. The molecule has 17 heteroatoms. The molecule has 356 valence electrons. The van der Waals surface area contributed by atoms with Gasteiger partial charge in [0.05, 0.1) is 34.5 Å². The van der Waals surface area contributed by atoms with Crippen molar-refractivity contribution in [3.8, 4) is 11.4 Å². The van der Waals surface area contributed by atoms with Gasteiger partial charge < -0.3 is 24.3 Å². The van der Waals surface area contributed by atoms with Crippen LogP contribution in [0.3, 0.4) is 0 Å². The van der Waals surface area contributed by atoms with Gasteiger partial charge in [-0.1, -0.05) is 43.2 Å². The van der Waals surface area contributed by atoms with Gasteiger partial charge in [0, 0.05) is 74.3 Å². The Morgan fingerprint density at radius 2 is 1.74 bits per heavy atom. The molecule has 3 saturated heterocycles. The number of rotatable bonds is 13. The SMILES string of the molecule is CC1(C)CCC(CN2CCN(c3ccc(C(=O)NS(=O)(=O)c4ccc(OCC5CCN(C6CCOCC6)CC5)c(N=O)c4)c(-n4ncc5nc6[nH]ccc6cc54)c3)CC2)=C(c2ccc(Cl)cc2)C1. The second kappa shape index (κ2) is 19.4. The molecule has 3 aliphatic heterocycles. The summed E-state index contributed by atoms with van der Waals surface area (Å²) in [6.45, 7) is 12.7. The molecule has 3 fully saturated rings. The minimum atomic E-state index is -4.48. The molecule has 10 rings (SSSR count). The summed E-state index contributed by atoms with van der Waals surface area (Å²) >= 11 is 6.27. The number of anilines is 1. The van der Waals surface area contributed by atoms with E-state index < -0.39 is 15.9 Å². The third-order valence-electron chi connectivity index (χ3n) is 14.4. The number of aromatic nitrogens is 4. The maximum absolute atomic E-state index is 14.3. The number of pyridine rings is 1. The number of hydrogen-bond donors (Lipinski definition) is 2. The molecule has 4 aliphatic rings. The van der Waals surface area contributed by atoms with Crippen LogP contribution in [0, 0.1) is 16.2 Å². The van der Waals surface area contributed by atoms with Crippen molar-refractivity contribution >= 4 is 66.5 Å². The highest BCUT2D eigenvalue weighted by molar-refractivity contribution is 7.90. The molecule has 0 bridgehead atoms. The second-order valence-corrected chi connectivity index (χ2v) is 21.7. The molecule has 0 radical (unpaired) electrons. The van der Waals surface area contributed by atoms with Crippen LogP contribution in [0.1, 0.15) is 74.7 Å². The first kappa shape index (κ1) is 46.1. The minimum absolute atomic E-state index is 0.0913. The predicted molar refractivity (Wildman–Crippen MR) is 266 cm³/mol. The van der Waals surface area contributed by atoms with E-state index >= 15 is 0 Å². The van der Waals surface area contributed by atoms with Gasteiger partial charge in [-0.25, -0.2) is 22.8 Å². The molecule has 0 atom stereocenters. The number of allylic oxidation sites excluding steroid dienone is 1. The number of fused-ring (bicyclic) bond motifs is 2. The number of carbonyl (C=O) groups excluding carboxylic acids is 1. The predicted octanol–water partition coefficient (Wildman–Crippen LogP) is 9.13. The van der Waals surface area contributed by atoms with Crippen molar-refractivity contribution in [2.24, 2.45) is 16.5 Å². The van der Waals surface area contributed by atoms with Crippen LogP contribution >= 0.6 is 11.6 Å². The van der Waals surface area contributed by atoms with E-state index in [4.69, 9.17) is 26.1 Å². The normalized spacial score (nSPS) is 19.2. The summed E-state index contributed by atoms with van der Waals surface area (Å²) in [4.78, 5) is 41.3. The first-order chi connectivity index (χ1) is 32.9. The van der Waals surface area contributed by atoms with Gasteiger partial charge in [-0.05, 0) is 146 Å². The van der Waals surface area contributed by atoms with Crippen LogP contribution in [-0.2, 0) is 14.8 Å². The second-order valence-electron chi connectivity index (χ2n) is 19.5. The summed E-state index contributed by atoms with van der Waals surface area (Å²) in [5, 5.41) is 9.40. The molecule has 6 aromatic rings. The van der Waals surface area contributed by atoms with E-state index in [1.165, 1.54) is 28.8 Å². The lowest BCUT2D eigenvalue weighted by atomic mass is 9.72. The van der Waals surface area contributed by atoms with Crippen LogP contribution in [0.4, 0.5) is 11.4 Å². The van der Waals surface area contributed by atoms with Crippen molar-refractivity contribution in [3.05, 3.63) is 112 Å². The summed E-state index contributed by atoms with van der Waals surface area (Å²) < 4.78 is 43.4. The average Bonchev–Trinajstić information content (AvgIpc) is 4.00. The first-order valence-corrected chi connectivity index (χ1v) is 25.7. The van der Waals surface area contributed by atoms with Gasteiger partial charge in [-0.15, -0.1) is 4.91 Å². The fourth-order valence-corrected chi connectivity index (χ4v) is 11.5. The van der Waals surface area contributed by atoms with Gasteiger partial charge >= 0.3 is 0 Å². The van der Waals surface area contributed by atoms with Crippen molar-refractivity contribution in [2.45, 2.75) is 69.7 Å². The zero-order valence-corrected chi connectivity index (χ0v) is 40.2. The van der Waals surface area contributed by atoms with E-state index in [0.29, 0.717) is 40.9 Å². The Morgan fingerprint density at radius 1 is 0.956 bits per heavy atom. The van der Waals surface area contributed by atoms with Gasteiger partial charge in [0.15, 0.2) is 5.69 Å². The molecule has 15 nitrogen and oxygen atoms in total. The number of amides is 1. The van der Waals surface area contributed by atoms with E-state index in [9.17, 15) is 18.1 Å². The molecule has 6 heterocycles. The largest absolute Gasteiger partial charge is 0.491 e. The number of halogens is 1. The summed E-state index contributed by atoms with van der Waals surface area (Å²) in [5.74, 6) is -0.365. The van der Waals surface area contributed by atoms with Gasteiger partial charge in [0.2, 0.25) is 0 Å². The number of nitrogens with zero attached hydrogens (tertiary/aromatic N) is 7. The number of H-pyrrole nitrogens is 1. The number of sulfonamides is 1. The number of likely N-dealkylation sites (tertiary alicyclic amines) is 1. The molecule has 2 N–H and O–H groups in total. The molecule has 0 unspecified atom stereocenters. The molecule has 3 aromatic heterocycles. The molecule has 68 heavy (non-hydrogen) atoms. The quantitative estimate of drug-likeness (QED) is 0.106. The third-order valence-corrected chi connectivity index (χ3v) is 16.0. The Bertz CT molecular complexity index is 2970. The molecule has 0 spiro atoms. The Labute approximate surface area is 401 Å². The number of nitroso groups, excluding NO2 is 1. The summed E-state index contributed by atoms with van der Waals surface area (Å²) in [6.07, 6.45) is 10.7. The number of nitrogens with one attached hydrogen (secondary N) is 2. The lowest BCUT2D eigenvalue weighted by molar-refractivity contribution is 0.0175. The van der Waals surface area contributed by atoms with Crippen molar-refractivity contribution < 1.29 is 22.7 Å². The monoisotopic (exact) mass is 959 g/mol. The molecule has 3 aromatic carbocycles. The van der Waals surface area contributed by atoms with Crippen LogP contribution in [0.15, 0.2) is 101 Å². The molecular formula is C51H58ClN9O6S. The highest BCUT2D eigenvalue weighted by Crippen LogP contribution is 2.43. The Kier molecular flexibility index (Phi) is 13.1. The van der Waals surface area contributed by atoms with Gasteiger partial charge in [-0.2, -0.15) is 5.10 Å². The summed E-state index contributed by atoms with van der Waals surface area (Å²) in [7, 11) is -4.48. The van der Waals surface area contributed by atoms with E-state index in [2.05, 4.69) is 60.7 Å². The highest BCUT2D eigenvalue weighted by atomic mass is 35.5. The number of carbonyl (C=O) groups is 1. The van der Waals surface area contributed by atoms with Crippen LogP contribution in [0.5, 0.6) is 5.75 Å². The van der Waals surface area contributed by atoms with Crippen LogP contribution in [-0.4, -0.2) is 116 Å². The van der Waals surface area contributed by atoms with Crippen LogP contribution in [0.2, 0.25) is 5.02 Å². The van der Waals surface area contributed by atoms with E-state index in [1.54, 1.807) is 16.9 Å². The van der Waals surface area contributed by atoms with E-state index in [1.807, 2.05) is 42.6 Å². The smallest absolute Gasteiger partial charge is 0.267 e. The number of piperazine rings is 1. The first-order valence-electron chi connectivity index (χ1n) is 23.8. The number of ether oxygens (including phenoxy) is 2. The van der Waals surface area contributed by atoms with E-state index in [0.717, 1.165) is 126 Å². The molecule has 1 amide bonds. The Balaban J connectivity index is 0.860. The fraction of sp³-hybridized carbons (Fsp3) is 0.431. The van der Waals surface area contributed by atoms with Crippen molar-refractivity contribution in [2.75, 3.05) is 70.5 Å².